The van der Waals surface area contributed by atoms with Crippen LogP contribution >= 0.6 is 22.6 Å². The molecular weight excluding hydrogens is 369 g/mol. The van der Waals surface area contributed by atoms with E-state index < -0.39 is 16.6 Å². The van der Waals surface area contributed by atoms with Crippen LogP contribution in [0.4, 0.5) is 25.8 Å². The van der Waals surface area contributed by atoms with Crippen molar-refractivity contribution in [3.8, 4) is 0 Å². The van der Waals surface area contributed by atoms with Gasteiger partial charge >= 0.3 is 0 Å². The Morgan fingerprint density at radius 3 is 2.53 bits per heavy atom. The number of rotatable bonds is 3. The molecule has 4 nitrogen and oxygen atoms in total. The Bertz CT molecular complexity index is 650. The molecule has 0 amide bonds. The van der Waals surface area contributed by atoms with Gasteiger partial charge in [-0.3, -0.25) is 10.1 Å². The lowest BCUT2D eigenvalue weighted by Crippen LogP contribution is -1.97. The molecule has 0 saturated carbocycles. The summed E-state index contributed by atoms with van der Waals surface area (Å²) in [6.45, 7) is 0. The first kappa shape index (κ1) is 13.7. The summed E-state index contributed by atoms with van der Waals surface area (Å²) in [7, 11) is 0. The summed E-state index contributed by atoms with van der Waals surface area (Å²) >= 11 is 1.81. The molecule has 0 saturated heterocycles. The fourth-order valence-electron chi connectivity index (χ4n) is 1.48. The van der Waals surface area contributed by atoms with Crippen LogP contribution in [0.25, 0.3) is 0 Å². The Labute approximate surface area is 120 Å². The van der Waals surface area contributed by atoms with E-state index in [9.17, 15) is 18.9 Å². The number of anilines is 2. The molecule has 2 aromatic rings. The van der Waals surface area contributed by atoms with Gasteiger partial charge in [0.05, 0.1) is 14.2 Å². The van der Waals surface area contributed by atoms with Gasteiger partial charge in [0.15, 0.2) is 0 Å². The highest BCUT2D eigenvalue weighted by Gasteiger charge is 2.12. The average molecular weight is 376 g/mol. The van der Waals surface area contributed by atoms with Gasteiger partial charge in [-0.1, -0.05) is 0 Å². The largest absolute Gasteiger partial charge is 0.353 e. The lowest BCUT2D eigenvalue weighted by molar-refractivity contribution is -0.385. The molecule has 0 heterocycles. The summed E-state index contributed by atoms with van der Waals surface area (Å²) in [5, 5.41) is 13.3. The maximum absolute atomic E-state index is 13.4. The van der Waals surface area contributed by atoms with Gasteiger partial charge in [-0.25, -0.2) is 8.78 Å². The highest BCUT2D eigenvalue weighted by atomic mass is 127. The predicted octanol–water partition coefficient (Wildman–Crippen LogP) is 4.22. The Balaban J connectivity index is 2.31. The third-order valence-electron chi connectivity index (χ3n) is 2.35. The average Bonchev–Trinajstić information content (AvgIpc) is 2.33. The maximum atomic E-state index is 13.4. The predicted molar refractivity (Wildman–Crippen MR) is 75.5 cm³/mol. The molecule has 1 N–H and O–H groups in total. The van der Waals surface area contributed by atoms with Crippen molar-refractivity contribution >= 4 is 39.7 Å². The van der Waals surface area contributed by atoms with E-state index in [0.717, 1.165) is 18.2 Å². The molecule has 0 aliphatic heterocycles. The summed E-state index contributed by atoms with van der Waals surface area (Å²) in [6.07, 6.45) is 0. The monoisotopic (exact) mass is 376 g/mol. The van der Waals surface area contributed by atoms with Crippen LogP contribution in [0.3, 0.4) is 0 Å². The van der Waals surface area contributed by atoms with E-state index in [1.165, 1.54) is 18.2 Å². The van der Waals surface area contributed by atoms with Crippen molar-refractivity contribution in [1.82, 2.24) is 0 Å². The lowest BCUT2D eigenvalue weighted by atomic mass is 10.2. The number of benzene rings is 2. The van der Waals surface area contributed by atoms with Gasteiger partial charge in [0.25, 0.3) is 5.69 Å². The number of nitrogens with one attached hydrogen (secondary N) is 1. The SMILES string of the molecule is O=[N+]([O-])c1ccc(Nc2cc(F)ccc2F)cc1I. The van der Waals surface area contributed by atoms with E-state index >= 15 is 0 Å². The van der Waals surface area contributed by atoms with Crippen molar-refractivity contribution in [3.63, 3.8) is 0 Å². The van der Waals surface area contributed by atoms with Crippen molar-refractivity contribution in [2.45, 2.75) is 0 Å². The molecular formula is C12H7F2IN2O2. The number of nitro benzene ring substituents is 1. The molecule has 0 aliphatic carbocycles. The molecule has 0 atom stereocenters. The fraction of sp³-hybridized carbons (Fsp3) is 0. The van der Waals surface area contributed by atoms with E-state index in [-0.39, 0.29) is 11.4 Å². The fourth-order valence-corrected chi connectivity index (χ4v) is 2.19. The third kappa shape index (κ3) is 3.16. The second kappa shape index (κ2) is 5.47. The highest BCUT2D eigenvalue weighted by Crippen LogP contribution is 2.27. The topological polar surface area (TPSA) is 55.2 Å². The number of hydrogen-bond donors (Lipinski definition) is 1. The van der Waals surface area contributed by atoms with Crippen molar-refractivity contribution < 1.29 is 13.7 Å². The molecule has 0 aliphatic rings. The van der Waals surface area contributed by atoms with Crippen LogP contribution in [0.5, 0.6) is 0 Å². The minimum Gasteiger partial charge on any atom is -0.353 e. The third-order valence-corrected chi connectivity index (χ3v) is 3.22. The summed E-state index contributed by atoms with van der Waals surface area (Å²) in [4.78, 5) is 10.2. The van der Waals surface area contributed by atoms with E-state index in [0.29, 0.717) is 9.26 Å². The summed E-state index contributed by atoms with van der Waals surface area (Å²) in [5.41, 5.74) is 0.384. The molecule has 0 radical (unpaired) electrons. The summed E-state index contributed by atoms with van der Waals surface area (Å²) < 4.78 is 26.8. The molecule has 0 aromatic heterocycles. The number of hydrogen-bond acceptors (Lipinski definition) is 3. The van der Waals surface area contributed by atoms with Crippen molar-refractivity contribution in [2.75, 3.05) is 5.32 Å². The quantitative estimate of drug-likeness (QED) is 0.496. The van der Waals surface area contributed by atoms with Crippen molar-refractivity contribution in [2.24, 2.45) is 0 Å². The second-order valence-electron chi connectivity index (χ2n) is 3.67. The first-order valence-electron chi connectivity index (χ1n) is 5.13. The summed E-state index contributed by atoms with van der Waals surface area (Å²) in [5.74, 6) is -1.17. The van der Waals surface area contributed by atoms with Crippen LogP contribution in [0, 0.1) is 25.3 Å². The zero-order valence-electron chi connectivity index (χ0n) is 9.36. The van der Waals surface area contributed by atoms with Gasteiger partial charge < -0.3 is 5.32 Å². The van der Waals surface area contributed by atoms with Gasteiger partial charge in [0.1, 0.15) is 11.6 Å². The summed E-state index contributed by atoms with van der Waals surface area (Å²) in [6, 6.07) is 7.27. The van der Waals surface area contributed by atoms with Gasteiger partial charge in [-0.2, -0.15) is 0 Å². The number of halogens is 3. The lowest BCUT2D eigenvalue weighted by Gasteiger charge is -2.08. The van der Waals surface area contributed by atoms with E-state index in [1.54, 1.807) is 0 Å². The van der Waals surface area contributed by atoms with Crippen LogP contribution in [0.15, 0.2) is 36.4 Å². The molecule has 7 heteroatoms. The standard InChI is InChI=1S/C12H7F2IN2O2/c13-7-1-3-9(14)11(5-7)16-8-2-4-12(17(18)19)10(15)6-8/h1-6,16H. The molecule has 0 fully saturated rings. The zero-order chi connectivity index (χ0) is 14.0. The molecule has 0 spiro atoms. The van der Waals surface area contributed by atoms with Gasteiger partial charge in [0, 0.05) is 17.8 Å². The van der Waals surface area contributed by atoms with E-state index in [4.69, 9.17) is 0 Å². The van der Waals surface area contributed by atoms with Crippen LogP contribution in [0.1, 0.15) is 0 Å². The van der Waals surface area contributed by atoms with Crippen LogP contribution in [-0.4, -0.2) is 4.92 Å². The van der Waals surface area contributed by atoms with Crippen LogP contribution < -0.4 is 5.32 Å². The highest BCUT2D eigenvalue weighted by molar-refractivity contribution is 14.1. The molecule has 98 valence electrons. The molecule has 19 heavy (non-hydrogen) atoms. The minimum absolute atomic E-state index is 0.0235. The molecule has 0 bridgehead atoms. The van der Waals surface area contributed by atoms with Crippen LogP contribution in [-0.2, 0) is 0 Å². The molecule has 2 rings (SSSR count). The minimum atomic E-state index is -0.602. The Morgan fingerprint density at radius 2 is 1.89 bits per heavy atom. The number of nitro groups is 1. The Hall–Kier alpha value is -1.77. The van der Waals surface area contributed by atoms with Crippen LogP contribution in [0.2, 0.25) is 0 Å². The van der Waals surface area contributed by atoms with Crippen molar-refractivity contribution in [1.29, 1.82) is 0 Å². The smallest absolute Gasteiger partial charge is 0.282 e. The van der Waals surface area contributed by atoms with E-state index in [2.05, 4.69) is 5.32 Å². The Morgan fingerprint density at radius 1 is 1.16 bits per heavy atom. The first-order chi connectivity index (χ1) is 8.97. The van der Waals surface area contributed by atoms with Gasteiger partial charge in [-0.05, 0) is 46.9 Å². The number of nitrogens with zero attached hydrogens (tertiary/aromatic N) is 1. The van der Waals surface area contributed by atoms with Gasteiger partial charge in [-0.15, -0.1) is 0 Å². The Kier molecular flexibility index (Phi) is 3.93. The van der Waals surface area contributed by atoms with Crippen molar-refractivity contribution in [3.05, 3.63) is 61.7 Å². The molecule has 2 aromatic carbocycles. The van der Waals surface area contributed by atoms with E-state index in [1.807, 2.05) is 22.6 Å². The maximum Gasteiger partial charge on any atom is 0.282 e. The normalized spacial score (nSPS) is 10.3. The van der Waals surface area contributed by atoms with Gasteiger partial charge in [0.2, 0.25) is 0 Å². The second-order valence-corrected chi connectivity index (χ2v) is 4.83. The first-order valence-corrected chi connectivity index (χ1v) is 6.21. The zero-order valence-corrected chi connectivity index (χ0v) is 11.5. The molecule has 0 unspecified atom stereocenters.